The van der Waals surface area contributed by atoms with Crippen molar-refractivity contribution in [3.8, 4) is 0 Å². The Morgan fingerprint density at radius 1 is 0.654 bits per heavy atom. The number of amides is 2. The quantitative estimate of drug-likeness (QED) is 0.349. The highest BCUT2D eigenvalue weighted by Gasteiger charge is 2.15. The molecule has 0 N–H and O–H groups in total. The van der Waals surface area contributed by atoms with Crippen molar-refractivity contribution >= 4 is 11.8 Å². The maximum absolute atomic E-state index is 12.5. The smallest absolute Gasteiger partial charge is 0.222 e. The van der Waals surface area contributed by atoms with Crippen LogP contribution in [-0.2, 0) is 9.59 Å². The highest BCUT2D eigenvalue weighted by molar-refractivity contribution is 5.77. The van der Waals surface area contributed by atoms with Gasteiger partial charge in [0.1, 0.15) is 0 Å². The summed E-state index contributed by atoms with van der Waals surface area (Å²) in [5, 5.41) is 0. The van der Waals surface area contributed by atoms with E-state index >= 15 is 0 Å². The van der Waals surface area contributed by atoms with Gasteiger partial charge in [0.2, 0.25) is 11.8 Å². The summed E-state index contributed by atoms with van der Waals surface area (Å²) in [5.74, 6) is 1.03. The maximum atomic E-state index is 12.5. The average molecular weight is 369 g/mol. The molecule has 0 rings (SSSR count). The molecule has 26 heavy (non-hydrogen) atoms. The molecule has 4 nitrogen and oxygen atoms in total. The molecule has 2 amide bonds. The standard InChI is InChI=1S/C22H44N2O2/c1-6-9-16-23(17-10-7-2)21(25)14-12-13-15-22(26)24(18-11-8-3)19-20(4)5/h20H,6-19H2,1-5H3. The lowest BCUT2D eigenvalue weighted by atomic mass is 10.1. The largest absolute Gasteiger partial charge is 0.343 e. The van der Waals surface area contributed by atoms with E-state index in [1.54, 1.807) is 0 Å². The van der Waals surface area contributed by atoms with Gasteiger partial charge in [-0.25, -0.2) is 0 Å². The molecule has 0 saturated heterocycles. The summed E-state index contributed by atoms with van der Waals surface area (Å²) in [4.78, 5) is 29.0. The minimum absolute atomic E-state index is 0.258. The fourth-order valence-electron chi connectivity index (χ4n) is 3.04. The van der Waals surface area contributed by atoms with Gasteiger partial charge in [0.25, 0.3) is 0 Å². The van der Waals surface area contributed by atoms with Crippen LogP contribution in [0.4, 0.5) is 0 Å². The van der Waals surface area contributed by atoms with Gasteiger partial charge in [-0.3, -0.25) is 9.59 Å². The first kappa shape index (κ1) is 24.9. The monoisotopic (exact) mass is 368 g/mol. The van der Waals surface area contributed by atoms with Gasteiger partial charge in [-0.05, 0) is 38.0 Å². The van der Waals surface area contributed by atoms with Crippen LogP contribution in [0.2, 0.25) is 0 Å². The van der Waals surface area contributed by atoms with Crippen LogP contribution in [0.3, 0.4) is 0 Å². The van der Waals surface area contributed by atoms with E-state index in [1.165, 1.54) is 0 Å². The van der Waals surface area contributed by atoms with Gasteiger partial charge < -0.3 is 9.80 Å². The number of unbranched alkanes of at least 4 members (excludes halogenated alkanes) is 4. The SMILES string of the molecule is CCCCN(CCCC)C(=O)CCCCC(=O)N(CCCC)CC(C)C. The molecule has 0 aromatic rings. The second-order valence-electron chi connectivity index (χ2n) is 7.88. The van der Waals surface area contributed by atoms with Gasteiger partial charge in [-0.1, -0.05) is 53.9 Å². The molecule has 0 bridgehead atoms. The predicted octanol–water partition coefficient (Wildman–Crippen LogP) is 5.26. The summed E-state index contributed by atoms with van der Waals surface area (Å²) in [6, 6.07) is 0. The topological polar surface area (TPSA) is 40.6 Å². The Morgan fingerprint density at radius 2 is 1.04 bits per heavy atom. The minimum Gasteiger partial charge on any atom is -0.343 e. The summed E-state index contributed by atoms with van der Waals surface area (Å²) < 4.78 is 0. The molecule has 4 heteroatoms. The van der Waals surface area contributed by atoms with Gasteiger partial charge in [-0.2, -0.15) is 0 Å². The van der Waals surface area contributed by atoms with Crippen LogP contribution in [-0.4, -0.2) is 47.8 Å². The van der Waals surface area contributed by atoms with Crippen LogP contribution in [0.1, 0.15) is 98.8 Å². The second kappa shape index (κ2) is 16.1. The molecule has 0 atom stereocenters. The Hall–Kier alpha value is -1.06. The van der Waals surface area contributed by atoms with E-state index in [9.17, 15) is 9.59 Å². The molecule has 0 spiro atoms. The third kappa shape index (κ3) is 12.3. The molecule has 0 fully saturated rings. The highest BCUT2D eigenvalue weighted by atomic mass is 16.2. The van der Waals surface area contributed by atoms with Crippen molar-refractivity contribution in [2.45, 2.75) is 98.8 Å². The Morgan fingerprint density at radius 3 is 1.42 bits per heavy atom. The molecular weight excluding hydrogens is 324 g/mol. The van der Waals surface area contributed by atoms with Crippen molar-refractivity contribution in [3.05, 3.63) is 0 Å². The van der Waals surface area contributed by atoms with Gasteiger partial charge in [0, 0.05) is 39.0 Å². The van der Waals surface area contributed by atoms with E-state index < -0.39 is 0 Å². The Kier molecular flexibility index (Phi) is 15.5. The molecule has 0 heterocycles. The molecule has 0 aliphatic rings. The number of carbonyl (C=O) groups is 2. The zero-order chi connectivity index (χ0) is 19.8. The first-order valence-corrected chi connectivity index (χ1v) is 11.0. The van der Waals surface area contributed by atoms with Gasteiger partial charge in [0.05, 0.1) is 0 Å². The van der Waals surface area contributed by atoms with Crippen LogP contribution >= 0.6 is 0 Å². The first-order chi connectivity index (χ1) is 12.5. The lowest BCUT2D eigenvalue weighted by Crippen LogP contribution is -2.35. The fraction of sp³-hybridized carbons (Fsp3) is 0.909. The predicted molar refractivity (Wildman–Crippen MR) is 111 cm³/mol. The zero-order valence-corrected chi connectivity index (χ0v) is 18.2. The fourth-order valence-corrected chi connectivity index (χ4v) is 3.04. The molecule has 0 aliphatic carbocycles. The Bertz CT molecular complexity index is 361. The van der Waals surface area contributed by atoms with E-state index in [-0.39, 0.29) is 11.8 Å². The number of nitrogens with zero attached hydrogens (tertiary/aromatic N) is 2. The normalized spacial score (nSPS) is 11.0. The Labute approximate surface area is 162 Å². The molecule has 0 aromatic heterocycles. The van der Waals surface area contributed by atoms with Crippen LogP contribution in [0.25, 0.3) is 0 Å². The molecule has 0 unspecified atom stereocenters. The number of hydrogen-bond donors (Lipinski definition) is 0. The van der Waals surface area contributed by atoms with Crippen molar-refractivity contribution in [2.24, 2.45) is 5.92 Å². The zero-order valence-electron chi connectivity index (χ0n) is 18.2. The molecule has 0 aromatic carbocycles. The molecule has 154 valence electrons. The molecule has 0 saturated carbocycles. The molecule has 0 radical (unpaired) electrons. The first-order valence-electron chi connectivity index (χ1n) is 11.0. The van der Waals surface area contributed by atoms with Crippen LogP contribution < -0.4 is 0 Å². The van der Waals surface area contributed by atoms with Crippen molar-refractivity contribution < 1.29 is 9.59 Å². The number of rotatable bonds is 16. The van der Waals surface area contributed by atoms with E-state index in [2.05, 4.69) is 34.6 Å². The molecule has 0 aliphatic heterocycles. The summed E-state index contributed by atoms with van der Waals surface area (Å²) in [6.45, 7) is 14.3. The summed E-state index contributed by atoms with van der Waals surface area (Å²) >= 11 is 0. The number of carbonyl (C=O) groups excluding carboxylic acids is 2. The van der Waals surface area contributed by atoms with E-state index in [0.717, 1.165) is 77.5 Å². The van der Waals surface area contributed by atoms with Gasteiger partial charge in [-0.15, -0.1) is 0 Å². The van der Waals surface area contributed by atoms with Crippen LogP contribution in [0.5, 0.6) is 0 Å². The lowest BCUT2D eigenvalue weighted by Gasteiger charge is -2.25. The summed E-state index contributed by atoms with van der Waals surface area (Å²) in [7, 11) is 0. The van der Waals surface area contributed by atoms with Crippen molar-refractivity contribution in [1.29, 1.82) is 0 Å². The highest BCUT2D eigenvalue weighted by Crippen LogP contribution is 2.10. The van der Waals surface area contributed by atoms with Gasteiger partial charge in [0.15, 0.2) is 0 Å². The van der Waals surface area contributed by atoms with E-state index in [0.29, 0.717) is 18.8 Å². The van der Waals surface area contributed by atoms with E-state index in [1.807, 2.05) is 9.80 Å². The second-order valence-corrected chi connectivity index (χ2v) is 7.88. The van der Waals surface area contributed by atoms with Crippen molar-refractivity contribution in [2.75, 3.05) is 26.2 Å². The number of hydrogen-bond acceptors (Lipinski definition) is 2. The average Bonchev–Trinajstić information content (AvgIpc) is 2.61. The summed E-state index contributed by atoms with van der Waals surface area (Å²) in [6.07, 6.45) is 9.38. The van der Waals surface area contributed by atoms with Crippen LogP contribution in [0, 0.1) is 5.92 Å². The molecular formula is C22H44N2O2. The van der Waals surface area contributed by atoms with Crippen LogP contribution in [0.15, 0.2) is 0 Å². The third-order valence-electron chi connectivity index (χ3n) is 4.67. The van der Waals surface area contributed by atoms with E-state index in [4.69, 9.17) is 0 Å². The van der Waals surface area contributed by atoms with Gasteiger partial charge >= 0.3 is 0 Å². The lowest BCUT2D eigenvalue weighted by molar-refractivity contribution is -0.133. The van der Waals surface area contributed by atoms with Crippen molar-refractivity contribution in [3.63, 3.8) is 0 Å². The Balaban J connectivity index is 4.24. The summed E-state index contributed by atoms with van der Waals surface area (Å²) in [5.41, 5.74) is 0. The van der Waals surface area contributed by atoms with Crippen molar-refractivity contribution in [1.82, 2.24) is 9.80 Å². The maximum Gasteiger partial charge on any atom is 0.222 e. The third-order valence-corrected chi connectivity index (χ3v) is 4.67. The minimum atomic E-state index is 0.258.